The van der Waals surface area contributed by atoms with E-state index in [0.29, 0.717) is 23.9 Å². The lowest BCUT2D eigenvalue weighted by Crippen LogP contribution is -2.29. The zero-order valence-corrected chi connectivity index (χ0v) is 14.5. The molecule has 0 aliphatic rings. The fraction of sp³-hybridized carbons (Fsp3) is 0.412. The molecule has 124 valence electrons. The largest absolute Gasteiger partial charge is 0.441 e. The Morgan fingerprint density at radius 2 is 1.96 bits per heavy atom. The zero-order valence-electron chi connectivity index (χ0n) is 13.7. The van der Waals surface area contributed by atoms with E-state index < -0.39 is 10.8 Å². The average molecular weight is 334 g/mol. The second-order valence-corrected chi connectivity index (χ2v) is 6.92. The van der Waals surface area contributed by atoms with E-state index in [9.17, 15) is 9.00 Å². The standard InChI is InChI=1S/C17H22N2O3S/c1-4-9-18-16(20)11-23(21)10-15-13(3)22-17(19-15)14-7-5-12(2)6-8-14/h5-8H,4,9-11H2,1-3H3,(H,18,20)/t23-/m0/s1. The first-order valence-corrected chi connectivity index (χ1v) is 9.13. The fourth-order valence-electron chi connectivity index (χ4n) is 2.05. The number of aromatic nitrogens is 1. The van der Waals surface area contributed by atoms with Crippen LogP contribution in [0.25, 0.3) is 11.5 Å². The van der Waals surface area contributed by atoms with Gasteiger partial charge in [0, 0.05) is 22.9 Å². The number of carbonyl (C=O) groups excluding carboxylic acids is 1. The lowest BCUT2D eigenvalue weighted by molar-refractivity contribution is -0.118. The van der Waals surface area contributed by atoms with Crippen LogP contribution in [-0.2, 0) is 21.3 Å². The van der Waals surface area contributed by atoms with Crippen LogP contribution in [0.4, 0.5) is 0 Å². The van der Waals surface area contributed by atoms with Gasteiger partial charge in [0.1, 0.15) is 11.5 Å². The molecule has 0 aliphatic heterocycles. The molecule has 23 heavy (non-hydrogen) atoms. The minimum Gasteiger partial charge on any atom is -0.441 e. The van der Waals surface area contributed by atoms with Crippen molar-refractivity contribution in [1.29, 1.82) is 0 Å². The number of rotatable bonds is 7. The van der Waals surface area contributed by atoms with Crippen LogP contribution in [0.3, 0.4) is 0 Å². The molecule has 1 aromatic heterocycles. The molecule has 1 amide bonds. The lowest BCUT2D eigenvalue weighted by atomic mass is 10.1. The number of aryl methyl sites for hydroxylation is 2. The topological polar surface area (TPSA) is 72.2 Å². The van der Waals surface area contributed by atoms with Crippen LogP contribution >= 0.6 is 0 Å². The van der Waals surface area contributed by atoms with Crippen LogP contribution in [-0.4, -0.2) is 27.4 Å². The van der Waals surface area contributed by atoms with Gasteiger partial charge >= 0.3 is 0 Å². The number of nitrogens with one attached hydrogen (secondary N) is 1. The molecule has 0 bridgehead atoms. The highest BCUT2D eigenvalue weighted by Crippen LogP contribution is 2.22. The Morgan fingerprint density at radius 3 is 2.61 bits per heavy atom. The second-order valence-electron chi connectivity index (χ2n) is 5.47. The molecule has 2 aromatic rings. The molecule has 0 aliphatic carbocycles. The highest BCUT2D eigenvalue weighted by Gasteiger charge is 2.15. The number of amides is 1. The van der Waals surface area contributed by atoms with Crippen molar-refractivity contribution < 1.29 is 13.4 Å². The van der Waals surface area contributed by atoms with Gasteiger partial charge in [-0.05, 0) is 32.4 Å². The van der Waals surface area contributed by atoms with Crippen LogP contribution < -0.4 is 5.32 Å². The lowest BCUT2D eigenvalue weighted by Gasteiger charge is -2.02. The Morgan fingerprint density at radius 1 is 1.26 bits per heavy atom. The maximum Gasteiger partial charge on any atom is 0.232 e. The third-order valence-corrected chi connectivity index (χ3v) is 4.53. The van der Waals surface area contributed by atoms with Crippen LogP contribution in [0.5, 0.6) is 0 Å². The first-order chi connectivity index (χ1) is 11.0. The third kappa shape index (κ3) is 5.03. The summed E-state index contributed by atoms with van der Waals surface area (Å²) in [5, 5.41) is 2.72. The quantitative estimate of drug-likeness (QED) is 0.845. The molecule has 0 fully saturated rings. The van der Waals surface area contributed by atoms with Gasteiger partial charge in [-0.25, -0.2) is 4.98 Å². The van der Waals surface area contributed by atoms with Gasteiger partial charge < -0.3 is 9.73 Å². The predicted molar refractivity (Wildman–Crippen MR) is 91.4 cm³/mol. The molecule has 0 spiro atoms. The summed E-state index contributed by atoms with van der Waals surface area (Å²) in [6.07, 6.45) is 0.862. The summed E-state index contributed by atoms with van der Waals surface area (Å²) < 4.78 is 17.8. The van der Waals surface area contributed by atoms with Crippen molar-refractivity contribution in [2.24, 2.45) is 0 Å². The highest BCUT2D eigenvalue weighted by molar-refractivity contribution is 7.84. The normalized spacial score (nSPS) is 12.1. The van der Waals surface area contributed by atoms with Crippen molar-refractivity contribution in [3.8, 4) is 11.5 Å². The summed E-state index contributed by atoms with van der Waals surface area (Å²) in [6, 6.07) is 7.87. The van der Waals surface area contributed by atoms with Gasteiger partial charge in [0.05, 0.1) is 11.4 Å². The van der Waals surface area contributed by atoms with E-state index in [1.807, 2.05) is 38.1 Å². The zero-order chi connectivity index (χ0) is 16.8. The van der Waals surface area contributed by atoms with Crippen LogP contribution in [0.1, 0.15) is 30.4 Å². The number of oxazole rings is 1. The summed E-state index contributed by atoms with van der Waals surface area (Å²) >= 11 is 0. The number of hydrogen-bond acceptors (Lipinski definition) is 4. The Balaban J connectivity index is 2.02. The summed E-state index contributed by atoms with van der Waals surface area (Å²) in [5.74, 6) is 1.19. The molecule has 2 rings (SSSR count). The number of hydrogen-bond donors (Lipinski definition) is 1. The van der Waals surface area contributed by atoms with E-state index in [2.05, 4.69) is 10.3 Å². The molecule has 1 aromatic carbocycles. The van der Waals surface area contributed by atoms with Crippen molar-refractivity contribution in [3.05, 3.63) is 41.3 Å². The van der Waals surface area contributed by atoms with E-state index >= 15 is 0 Å². The van der Waals surface area contributed by atoms with Crippen molar-refractivity contribution >= 4 is 16.7 Å². The number of carbonyl (C=O) groups is 1. The van der Waals surface area contributed by atoms with Gasteiger partial charge in [-0.1, -0.05) is 24.6 Å². The van der Waals surface area contributed by atoms with Crippen molar-refractivity contribution in [2.75, 3.05) is 12.3 Å². The maximum absolute atomic E-state index is 12.1. The number of benzene rings is 1. The SMILES string of the molecule is CCCNC(=O)C[S@@](=O)Cc1nc(-c2ccc(C)cc2)oc1C. The first kappa shape index (κ1) is 17.4. The third-order valence-electron chi connectivity index (χ3n) is 3.35. The monoisotopic (exact) mass is 334 g/mol. The van der Waals surface area contributed by atoms with Gasteiger partial charge in [0.15, 0.2) is 0 Å². The van der Waals surface area contributed by atoms with Crippen molar-refractivity contribution in [2.45, 2.75) is 32.9 Å². The summed E-state index contributed by atoms with van der Waals surface area (Å²) in [7, 11) is -1.30. The van der Waals surface area contributed by atoms with Gasteiger partial charge in [0.2, 0.25) is 11.8 Å². The van der Waals surface area contributed by atoms with E-state index in [1.54, 1.807) is 6.92 Å². The maximum atomic E-state index is 12.1. The van der Waals surface area contributed by atoms with E-state index in [-0.39, 0.29) is 17.4 Å². The Labute approximate surface area is 139 Å². The molecule has 0 saturated carbocycles. The van der Waals surface area contributed by atoms with Crippen molar-refractivity contribution in [3.63, 3.8) is 0 Å². The average Bonchev–Trinajstić information content (AvgIpc) is 2.86. The van der Waals surface area contributed by atoms with E-state index in [0.717, 1.165) is 17.5 Å². The summed E-state index contributed by atoms with van der Waals surface area (Å²) in [4.78, 5) is 16.0. The van der Waals surface area contributed by atoms with Gasteiger partial charge in [-0.3, -0.25) is 9.00 Å². The predicted octanol–water partition coefficient (Wildman–Crippen LogP) is 2.73. The smallest absolute Gasteiger partial charge is 0.232 e. The van der Waals surface area contributed by atoms with E-state index in [1.165, 1.54) is 0 Å². The van der Waals surface area contributed by atoms with Gasteiger partial charge in [-0.15, -0.1) is 0 Å². The molecule has 0 radical (unpaired) electrons. The molecule has 0 unspecified atom stereocenters. The highest BCUT2D eigenvalue weighted by atomic mass is 32.2. The summed E-state index contributed by atoms with van der Waals surface area (Å²) in [6.45, 7) is 6.40. The Bertz CT molecular complexity index is 692. The molecule has 1 N–H and O–H groups in total. The van der Waals surface area contributed by atoms with E-state index in [4.69, 9.17) is 4.42 Å². The Kier molecular flexibility index (Phi) is 6.10. The fourth-order valence-corrected chi connectivity index (χ4v) is 3.12. The molecular weight excluding hydrogens is 312 g/mol. The summed E-state index contributed by atoms with van der Waals surface area (Å²) in [5.41, 5.74) is 2.69. The minimum atomic E-state index is -1.30. The molecular formula is C17H22N2O3S. The minimum absolute atomic E-state index is 0.00777. The molecule has 6 heteroatoms. The molecule has 5 nitrogen and oxygen atoms in total. The Hall–Kier alpha value is -1.95. The molecule has 0 saturated heterocycles. The second kappa shape index (κ2) is 8.06. The molecule has 1 atom stereocenters. The number of nitrogens with zero attached hydrogens (tertiary/aromatic N) is 1. The van der Waals surface area contributed by atoms with Crippen LogP contribution in [0.2, 0.25) is 0 Å². The van der Waals surface area contributed by atoms with Crippen molar-refractivity contribution in [1.82, 2.24) is 10.3 Å². The van der Waals surface area contributed by atoms with Crippen LogP contribution in [0.15, 0.2) is 28.7 Å². The molecule has 1 heterocycles. The van der Waals surface area contributed by atoms with Gasteiger partial charge in [-0.2, -0.15) is 0 Å². The van der Waals surface area contributed by atoms with Gasteiger partial charge in [0.25, 0.3) is 0 Å². The van der Waals surface area contributed by atoms with Crippen LogP contribution in [0, 0.1) is 13.8 Å². The first-order valence-electron chi connectivity index (χ1n) is 7.64.